The topological polar surface area (TPSA) is 48.9 Å². The number of nitrogens with zero attached hydrogens (tertiary/aromatic N) is 2. The second-order valence-electron chi connectivity index (χ2n) is 7.46. The molecule has 0 bridgehead atoms. The molecule has 2 unspecified atom stereocenters. The van der Waals surface area contributed by atoms with E-state index in [0.29, 0.717) is 12.0 Å². The van der Waals surface area contributed by atoms with E-state index in [9.17, 15) is 0 Å². The molecule has 1 aromatic rings. The SMILES string of the molecule is CCCN1CCC(NC(=NC)NCC2CCOC2c2ccccc2)CC1. The molecular weight excluding hydrogens is 324 g/mol. The largest absolute Gasteiger partial charge is 0.373 e. The molecule has 0 spiro atoms. The normalized spacial score (nSPS) is 25.4. The predicted octanol–water partition coefficient (Wildman–Crippen LogP) is 2.80. The van der Waals surface area contributed by atoms with Gasteiger partial charge in [-0.3, -0.25) is 4.99 Å². The van der Waals surface area contributed by atoms with Crippen LogP contribution in [-0.2, 0) is 4.74 Å². The van der Waals surface area contributed by atoms with Gasteiger partial charge in [0.2, 0.25) is 0 Å². The molecule has 2 heterocycles. The highest BCUT2D eigenvalue weighted by Crippen LogP contribution is 2.33. The van der Waals surface area contributed by atoms with Gasteiger partial charge < -0.3 is 20.3 Å². The minimum Gasteiger partial charge on any atom is -0.373 e. The van der Waals surface area contributed by atoms with Gasteiger partial charge in [0.1, 0.15) is 0 Å². The van der Waals surface area contributed by atoms with Crippen LogP contribution in [0, 0.1) is 5.92 Å². The van der Waals surface area contributed by atoms with Crippen molar-refractivity contribution < 1.29 is 4.74 Å². The van der Waals surface area contributed by atoms with Gasteiger partial charge in [0.15, 0.2) is 5.96 Å². The summed E-state index contributed by atoms with van der Waals surface area (Å²) in [5, 5.41) is 7.16. The van der Waals surface area contributed by atoms with Crippen LogP contribution in [0.1, 0.15) is 44.3 Å². The van der Waals surface area contributed by atoms with E-state index in [2.05, 4.69) is 57.8 Å². The number of ether oxygens (including phenoxy) is 1. The molecule has 26 heavy (non-hydrogen) atoms. The Hall–Kier alpha value is -1.59. The fourth-order valence-corrected chi connectivity index (χ4v) is 4.09. The number of hydrogen-bond donors (Lipinski definition) is 2. The summed E-state index contributed by atoms with van der Waals surface area (Å²) in [6.45, 7) is 7.60. The first kappa shape index (κ1) is 19.2. The Morgan fingerprint density at radius 2 is 1.96 bits per heavy atom. The molecule has 0 aromatic heterocycles. The molecule has 2 saturated heterocycles. The highest BCUT2D eigenvalue weighted by molar-refractivity contribution is 5.80. The fraction of sp³-hybridized carbons (Fsp3) is 0.667. The molecule has 5 nitrogen and oxygen atoms in total. The first-order chi connectivity index (χ1) is 12.8. The molecule has 2 fully saturated rings. The standard InChI is InChI=1S/C21H34N4O/c1-3-12-25-13-9-19(10-14-25)24-21(22-2)23-16-18-11-15-26-20(18)17-7-5-4-6-8-17/h4-8,18-20H,3,9-16H2,1-2H3,(H2,22,23,24). The van der Waals surface area contributed by atoms with E-state index >= 15 is 0 Å². The molecule has 144 valence electrons. The van der Waals surface area contributed by atoms with Crippen LogP contribution >= 0.6 is 0 Å². The van der Waals surface area contributed by atoms with Crippen LogP contribution in [0.2, 0.25) is 0 Å². The van der Waals surface area contributed by atoms with Gasteiger partial charge in [0.25, 0.3) is 0 Å². The van der Waals surface area contributed by atoms with Crippen LogP contribution in [0.3, 0.4) is 0 Å². The maximum Gasteiger partial charge on any atom is 0.191 e. The number of rotatable bonds is 6. The van der Waals surface area contributed by atoms with E-state index in [1.54, 1.807) is 0 Å². The fourth-order valence-electron chi connectivity index (χ4n) is 4.09. The van der Waals surface area contributed by atoms with Gasteiger partial charge in [0.05, 0.1) is 6.10 Å². The van der Waals surface area contributed by atoms with E-state index in [1.807, 2.05) is 7.05 Å². The maximum absolute atomic E-state index is 6.00. The maximum atomic E-state index is 6.00. The summed E-state index contributed by atoms with van der Waals surface area (Å²) in [5.41, 5.74) is 1.28. The van der Waals surface area contributed by atoms with E-state index in [1.165, 1.54) is 44.5 Å². The van der Waals surface area contributed by atoms with Crippen LogP contribution in [0.15, 0.2) is 35.3 Å². The average molecular weight is 359 g/mol. The number of benzene rings is 1. The van der Waals surface area contributed by atoms with Crippen molar-refractivity contribution >= 4 is 5.96 Å². The van der Waals surface area contributed by atoms with Crippen molar-refractivity contribution in [3.05, 3.63) is 35.9 Å². The molecular formula is C21H34N4O. The molecule has 0 amide bonds. The van der Waals surface area contributed by atoms with Gasteiger partial charge in [-0.25, -0.2) is 0 Å². The number of piperidine rings is 1. The summed E-state index contributed by atoms with van der Waals surface area (Å²) in [7, 11) is 1.86. The van der Waals surface area contributed by atoms with E-state index < -0.39 is 0 Å². The van der Waals surface area contributed by atoms with Crippen molar-refractivity contribution in [2.75, 3.05) is 39.8 Å². The molecule has 2 aliphatic rings. The lowest BCUT2D eigenvalue weighted by molar-refractivity contribution is 0.0915. The van der Waals surface area contributed by atoms with Gasteiger partial charge in [-0.15, -0.1) is 0 Å². The number of aliphatic imine (C=N–C) groups is 1. The third-order valence-corrected chi connectivity index (χ3v) is 5.57. The number of guanidine groups is 1. The molecule has 2 N–H and O–H groups in total. The lowest BCUT2D eigenvalue weighted by Gasteiger charge is -2.33. The second kappa shape index (κ2) is 9.93. The summed E-state index contributed by atoms with van der Waals surface area (Å²) < 4.78 is 6.00. The Balaban J connectivity index is 1.45. The van der Waals surface area contributed by atoms with Crippen molar-refractivity contribution in [3.63, 3.8) is 0 Å². The summed E-state index contributed by atoms with van der Waals surface area (Å²) in [5.74, 6) is 1.42. The quantitative estimate of drug-likeness (QED) is 0.606. The Morgan fingerprint density at radius 3 is 2.65 bits per heavy atom. The lowest BCUT2D eigenvalue weighted by Crippen LogP contribution is -2.49. The van der Waals surface area contributed by atoms with Gasteiger partial charge in [0, 0.05) is 45.2 Å². The molecule has 2 atom stereocenters. The minimum atomic E-state index is 0.194. The van der Waals surface area contributed by atoms with Crippen LogP contribution in [0.4, 0.5) is 0 Å². The average Bonchev–Trinajstić information content (AvgIpc) is 3.16. The smallest absolute Gasteiger partial charge is 0.191 e. The zero-order chi connectivity index (χ0) is 18.2. The lowest BCUT2D eigenvalue weighted by atomic mass is 9.95. The number of likely N-dealkylation sites (tertiary alicyclic amines) is 1. The van der Waals surface area contributed by atoms with Crippen molar-refractivity contribution in [1.29, 1.82) is 0 Å². The summed E-state index contributed by atoms with van der Waals surface area (Å²) in [6.07, 6.45) is 4.92. The first-order valence-corrected chi connectivity index (χ1v) is 10.2. The van der Waals surface area contributed by atoms with Gasteiger partial charge in [-0.1, -0.05) is 37.3 Å². The molecule has 1 aromatic carbocycles. The van der Waals surface area contributed by atoms with E-state index in [-0.39, 0.29) is 6.10 Å². The molecule has 3 rings (SSSR count). The zero-order valence-corrected chi connectivity index (χ0v) is 16.3. The third kappa shape index (κ3) is 5.21. The van der Waals surface area contributed by atoms with Gasteiger partial charge in [-0.2, -0.15) is 0 Å². The molecule has 0 saturated carbocycles. The summed E-state index contributed by atoms with van der Waals surface area (Å²) >= 11 is 0. The van der Waals surface area contributed by atoms with Crippen molar-refractivity contribution in [3.8, 4) is 0 Å². The van der Waals surface area contributed by atoms with E-state index in [0.717, 1.165) is 25.5 Å². The van der Waals surface area contributed by atoms with Crippen LogP contribution in [0.5, 0.6) is 0 Å². The molecule has 5 heteroatoms. The Bertz CT molecular complexity index is 554. The zero-order valence-electron chi connectivity index (χ0n) is 16.3. The Morgan fingerprint density at radius 1 is 1.19 bits per heavy atom. The third-order valence-electron chi connectivity index (χ3n) is 5.57. The second-order valence-corrected chi connectivity index (χ2v) is 7.46. The summed E-state index contributed by atoms with van der Waals surface area (Å²) in [4.78, 5) is 7.00. The summed E-state index contributed by atoms with van der Waals surface area (Å²) in [6, 6.07) is 11.1. The Kier molecular flexibility index (Phi) is 7.32. The van der Waals surface area contributed by atoms with Crippen molar-refractivity contribution in [1.82, 2.24) is 15.5 Å². The number of hydrogen-bond acceptors (Lipinski definition) is 3. The van der Waals surface area contributed by atoms with Gasteiger partial charge >= 0.3 is 0 Å². The predicted molar refractivity (Wildman–Crippen MR) is 107 cm³/mol. The first-order valence-electron chi connectivity index (χ1n) is 10.2. The molecule has 2 aliphatic heterocycles. The van der Waals surface area contributed by atoms with Crippen LogP contribution in [0.25, 0.3) is 0 Å². The monoisotopic (exact) mass is 358 g/mol. The van der Waals surface area contributed by atoms with Crippen LogP contribution in [-0.4, -0.2) is 56.7 Å². The Labute approximate surface area is 158 Å². The van der Waals surface area contributed by atoms with Gasteiger partial charge in [-0.05, 0) is 37.8 Å². The molecule has 0 aliphatic carbocycles. The molecule has 0 radical (unpaired) electrons. The van der Waals surface area contributed by atoms with Crippen molar-refractivity contribution in [2.45, 2.75) is 44.8 Å². The van der Waals surface area contributed by atoms with E-state index in [4.69, 9.17) is 4.74 Å². The van der Waals surface area contributed by atoms with Crippen LogP contribution < -0.4 is 10.6 Å². The number of nitrogens with one attached hydrogen (secondary N) is 2. The highest BCUT2D eigenvalue weighted by Gasteiger charge is 2.29. The van der Waals surface area contributed by atoms with Crippen molar-refractivity contribution in [2.24, 2.45) is 10.9 Å². The minimum absolute atomic E-state index is 0.194. The highest BCUT2D eigenvalue weighted by atomic mass is 16.5.